The molecule has 2 aliphatic heterocycles. The summed E-state index contributed by atoms with van der Waals surface area (Å²) in [7, 11) is 0. The number of benzene rings is 1. The van der Waals surface area contributed by atoms with Gasteiger partial charge in [0, 0.05) is 25.7 Å². The molecule has 2 saturated heterocycles. The van der Waals surface area contributed by atoms with Gasteiger partial charge in [-0.15, -0.1) is 0 Å². The molecular weight excluding hydrogens is 228 g/mol. The Morgan fingerprint density at radius 3 is 2.89 bits per heavy atom. The predicted octanol–water partition coefficient (Wildman–Crippen LogP) is 1.28. The molecule has 4 heteroatoms. The molecule has 1 aromatic carbocycles. The average Bonchev–Trinajstić information content (AvgIpc) is 2.76. The fraction of sp³-hybridized carbons (Fsp3) is 0.571. The fourth-order valence-electron chi connectivity index (χ4n) is 3.19. The first-order chi connectivity index (χ1) is 8.72. The molecule has 18 heavy (non-hydrogen) atoms. The number of piperidine rings is 1. The van der Waals surface area contributed by atoms with E-state index in [2.05, 4.69) is 10.2 Å². The van der Waals surface area contributed by atoms with E-state index in [1.165, 1.54) is 12.8 Å². The SMILES string of the molecule is Oc1ccc(CN2CC3CCCNC3C2)cc1O. The number of fused-ring (bicyclic) bond motifs is 1. The number of phenols is 2. The van der Waals surface area contributed by atoms with Crippen LogP contribution in [0.2, 0.25) is 0 Å². The Labute approximate surface area is 107 Å². The summed E-state index contributed by atoms with van der Waals surface area (Å²) in [5.74, 6) is 0.710. The van der Waals surface area contributed by atoms with E-state index < -0.39 is 0 Å². The van der Waals surface area contributed by atoms with Crippen LogP contribution in [0.15, 0.2) is 18.2 Å². The molecule has 2 heterocycles. The Morgan fingerprint density at radius 1 is 1.22 bits per heavy atom. The van der Waals surface area contributed by atoms with Crippen molar-refractivity contribution in [1.82, 2.24) is 10.2 Å². The van der Waals surface area contributed by atoms with Crippen molar-refractivity contribution in [2.24, 2.45) is 5.92 Å². The van der Waals surface area contributed by atoms with Crippen molar-refractivity contribution in [3.05, 3.63) is 23.8 Å². The van der Waals surface area contributed by atoms with Crippen LogP contribution >= 0.6 is 0 Å². The maximum atomic E-state index is 9.50. The van der Waals surface area contributed by atoms with Crippen LogP contribution in [0, 0.1) is 5.92 Å². The van der Waals surface area contributed by atoms with E-state index in [1.54, 1.807) is 12.1 Å². The maximum absolute atomic E-state index is 9.50. The zero-order valence-electron chi connectivity index (χ0n) is 10.5. The minimum atomic E-state index is -0.0458. The first-order valence-corrected chi connectivity index (χ1v) is 6.69. The largest absolute Gasteiger partial charge is 0.504 e. The molecule has 2 fully saturated rings. The summed E-state index contributed by atoms with van der Waals surface area (Å²) in [5, 5.41) is 22.4. The van der Waals surface area contributed by atoms with E-state index in [0.29, 0.717) is 6.04 Å². The Balaban J connectivity index is 1.64. The van der Waals surface area contributed by atoms with E-state index >= 15 is 0 Å². The monoisotopic (exact) mass is 248 g/mol. The van der Waals surface area contributed by atoms with E-state index in [0.717, 1.165) is 37.7 Å². The number of aromatic hydroxyl groups is 2. The number of nitrogens with one attached hydrogen (secondary N) is 1. The summed E-state index contributed by atoms with van der Waals surface area (Å²) in [4.78, 5) is 2.43. The van der Waals surface area contributed by atoms with Gasteiger partial charge >= 0.3 is 0 Å². The molecule has 0 amide bonds. The quantitative estimate of drug-likeness (QED) is 0.690. The molecule has 2 unspecified atom stereocenters. The van der Waals surface area contributed by atoms with Crippen molar-refractivity contribution in [3.8, 4) is 11.5 Å². The average molecular weight is 248 g/mol. The lowest BCUT2D eigenvalue weighted by Gasteiger charge is -2.24. The van der Waals surface area contributed by atoms with Crippen LogP contribution in [-0.4, -0.2) is 40.8 Å². The van der Waals surface area contributed by atoms with Crippen molar-refractivity contribution < 1.29 is 10.2 Å². The Morgan fingerprint density at radius 2 is 2.11 bits per heavy atom. The minimum Gasteiger partial charge on any atom is -0.504 e. The third-order valence-electron chi connectivity index (χ3n) is 4.12. The lowest BCUT2D eigenvalue weighted by Crippen LogP contribution is -2.40. The van der Waals surface area contributed by atoms with Crippen molar-refractivity contribution >= 4 is 0 Å². The maximum Gasteiger partial charge on any atom is 0.157 e. The highest BCUT2D eigenvalue weighted by atomic mass is 16.3. The van der Waals surface area contributed by atoms with E-state index in [4.69, 9.17) is 0 Å². The summed E-state index contributed by atoms with van der Waals surface area (Å²) in [5.41, 5.74) is 1.06. The summed E-state index contributed by atoms with van der Waals surface area (Å²) in [6.45, 7) is 4.23. The van der Waals surface area contributed by atoms with Gasteiger partial charge in [0.05, 0.1) is 0 Å². The molecule has 3 rings (SSSR count). The second-order valence-corrected chi connectivity index (χ2v) is 5.48. The molecule has 2 aliphatic rings. The normalized spacial score (nSPS) is 28.2. The molecule has 0 aromatic heterocycles. The zero-order valence-corrected chi connectivity index (χ0v) is 10.5. The zero-order chi connectivity index (χ0) is 12.5. The third-order valence-corrected chi connectivity index (χ3v) is 4.12. The van der Waals surface area contributed by atoms with Gasteiger partial charge in [-0.3, -0.25) is 4.90 Å². The Bertz CT molecular complexity index is 422. The molecule has 98 valence electrons. The van der Waals surface area contributed by atoms with E-state index in [-0.39, 0.29) is 11.5 Å². The molecule has 3 N–H and O–H groups in total. The summed E-state index contributed by atoms with van der Waals surface area (Å²) >= 11 is 0. The number of phenolic OH excluding ortho intramolecular Hbond substituents is 2. The van der Waals surface area contributed by atoms with E-state index in [1.807, 2.05) is 6.07 Å². The van der Waals surface area contributed by atoms with Crippen LogP contribution in [0.25, 0.3) is 0 Å². The van der Waals surface area contributed by atoms with Gasteiger partial charge < -0.3 is 15.5 Å². The third kappa shape index (κ3) is 2.31. The smallest absolute Gasteiger partial charge is 0.157 e. The van der Waals surface area contributed by atoms with Crippen molar-refractivity contribution in [2.75, 3.05) is 19.6 Å². The van der Waals surface area contributed by atoms with Gasteiger partial charge in [0.1, 0.15) is 0 Å². The highest BCUT2D eigenvalue weighted by Gasteiger charge is 2.33. The number of nitrogens with zero attached hydrogens (tertiary/aromatic N) is 1. The molecule has 0 spiro atoms. The summed E-state index contributed by atoms with van der Waals surface area (Å²) in [6, 6.07) is 5.74. The van der Waals surface area contributed by atoms with Crippen molar-refractivity contribution in [1.29, 1.82) is 0 Å². The van der Waals surface area contributed by atoms with Gasteiger partial charge in [-0.2, -0.15) is 0 Å². The molecule has 0 aliphatic carbocycles. The number of likely N-dealkylation sites (tertiary alicyclic amines) is 1. The number of rotatable bonds is 2. The van der Waals surface area contributed by atoms with Crippen LogP contribution < -0.4 is 5.32 Å². The van der Waals surface area contributed by atoms with Crippen molar-refractivity contribution in [3.63, 3.8) is 0 Å². The predicted molar refractivity (Wildman–Crippen MR) is 69.6 cm³/mol. The van der Waals surface area contributed by atoms with Crippen LogP contribution in [-0.2, 0) is 6.54 Å². The first kappa shape index (κ1) is 11.8. The Hall–Kier alpha value is -1.26. The van der Waals surface area contributed by atoms with Crippen LogP contribution in [0.3, 0.4) is 0 Å². The number of hydrogen-bond acceptors (Lipinski definition) is 4. The topological polar surface area (TPSA) is 55.7 Å². The van der Waals surface area contributed by atoms with Crippen LogP contribution in [0.5, 0.6) is 11.5 Å². The van der Waals surface area contributed by atoms with Gasteiger partial charge in [-0.1, -0.05) is 6.07 Å². The lowest BCUT2D eigenvalue weighted by atomic mass is 9.94. The standard InChI is InChI=1S/C14H20N2O2/c17-13-4-3-10(6-14(13)18)7-16-8-11-2-1-5-15-12(11)9-16/h3-4,6,11-12,15,17-18H,1-2,5,7-9H2. The molecule has 1 aromatic rings. The molecule has 0 bridgehead atoms. The molecular formula is C14H20N2O2. The second-order valence-electron chi connectivity index (χ2n) is 5.48. The van der Waals surface area contributed by atoms with E-state index in [9.17, 15) is 10.2 Å². The molecule has 2 atom stereocenters. The van der Waals surface area contributed by atoms with Gasteiger partial charge in [0.15, 0.2) is 11.5 Å². The summed E-state index contributed by atoms with van der Waals surface area (Å²) < 4.78 is 0. The highest BCUT2D eigenvalue weighted by molar-refractivity contribution is 5.40. The van der Waals surface area contributed by atoms with Gasteiger partial charge in [0.25, 0.3) is 0 Å². The lowest BCUT2D eigenvalue weighted by molar-refractivity contribution is 0.311. The molecule has 0 saturated carbocycles. The Kier molecular flexibility index (Phi) is 3.14. The highest BCUT2D eigenvalue weighted by Crippen LogP contribution is 2.28. The summed E-state index contributed by atoms with van der Waals surface area (Å²) in [6.07, 6.45) is 2.62. The van der Waals surface area contributed by atoms with Gasteiger partial charge in [0.2, 0.25) is 0 Å². The van der Waals surface area contributed by atoms with Crippen LogP contribution in [0.1, 0.15) is 18.4 Å². The second kappa shape index (κ2) is 4.78. The molecule has 0 radical (unpaired) electrons. The first-order valence-electron chi connectivity index (χ1n) is 6.69. The van der Waals surface area contributed by atoms with Gasteiger partial charge in [-0.25, -0.2) is 0 Å². The number of hydrogen-bond donors (Lipinski definition) is 3. The van der Waals surface area contributed by atoms with Gasteiger partial charge in [-0.05, 0) is 43.0 Å². The van der Waals surface area contributed by atoms with Crippen LogP contribution in [0.4, 0.5) is 0 Å². The fourth-order valence-corrected chi connectivity index (χ4v) is 3.19. The minimum absolute atomic E-state index is 0.0257. The van der Waals surface area contributed by atoms with Crippen molar-refractivity contribution in [2.45, 2.75) is 25.4 Å². The molecule has 4 nitrogen and oxygen atoms in total.